The van der Waals surface area contributed by atoms with Crippen LogP contribution in [-0.4, -0.2) is 41.7 Å². The molecule has 2 aromatic carbocycles. The Hall–Kier alpha value is -3.02. The summed E-state index contributed by atoms with van der Waals surface area (Å²) < 4.78 is 29.1. The van der Waals surface area contributed by atoms with Gasteiger partial charge in [-0.1, -0.05) is 29.8 Å². The van der Waals surface area contributed by atoms with Crippen LogP contribution in [0.2, 0.25) is 5.02 Å². The number of aromatic nitrogens is 2. The maximum absolute atomic E-state index is 11.8. The van der Waals surface area contributed by atoms with Gasteiger partial charge in [0, 0.05) is 11.8 Å². The van der Waals surface area contributed by atoms with Gasteiger partial charge in [0.25, 0.3) is 5.89 Å². The first-order valence-corrected chi connectivity index (χ1v) is 11.5. The number of rotatable bonds is 7. The average molecular weight is 526 g/mol. The molecule has 12 heteroatoms. The summed E-state index contributed by atoms with van der Waals surface area (Å²) in [5.41, 5.74) is 0.00299. The molecule has 0 saturated carbocycles. The van der Waals surface area contributed by atoms with Crippen LogP contribution in [0.15, 0.2) is 62.3 Å². The van der Waals surface area contributed by atoms with Gasteiger partial charge >= 0.3 is 5.97 Å². The Kier molecular flexibility index (Phi) is 6.58. The van der Waals surface area contributed by atoms with Gasteiger partial charge in [-0.05, 0) is 46.3 Å². The highest BCUT2D eigenvalue weighted by atomic mass is 79.9. The third kappa shape index (κ3) is 5.19. The minimum absolute atomic E-state index is 0.00103. The number of sulfone groups is 1. The predicted octanol–water partition coefficient (Wildman–Crippen LogP) is 4.07. The minimum atomic E-state index is -3.45. The first kappa shape index (κ1) is 22.7. The van der Waals surface area contributed by atoms with E-state index in [1.807, 2.05) is 0 Å². The Morgan fingerprint density at radius 3 is 2.55 bits per heavy atom. The first-order chi connectivity index (χ1) is 14.6. The van der Waals surface area contributed by atoms with E-state index in [-0.39, 0.29) is 26.9 Å². The zero-order chi connectivity index (χ0) is 22.8. The van der Waals surface area contributed by atoms with Crippen molar-refractivity contribution in [2.45, 2.75) is 4.90 Å². The van der Waals surface area contributed by atoms with Crippen LogP contribution in [-0.2, 0) is 14.6 Å². The molecule has 0 aliphatic heterocycles. The molecule has 0 spiro atoms. The summed E-state index contributed by atoms with van der Waals surface area (Å²) in [7, 11) is -3.45. The van der Waals surface area contributed by atoms with Crippen molar-refractivity contribution in [1.29, 1.82) is 5.41 Å². The van der Waals surface area contributed by atoms with E-state index in [1.54, 1.807) is 30.3 Å². The molecular formula is C19H14BrClN4O5S. The van der Waals surface area contributed by atoms with E-state index >= 15 is 0 Å². The number of carboxylic acids is 1. The van der Waals surface area contributed by atoms with E-state index in [9.17, 15) is 18.3 Å². The number of hydrogen-bond donors (Lipinski definition) is 3. The van der Waals surface area contributed by atoms with Gasteiger partial charge in [0.1, 0.15) is 5.70 Å². The first-order valence-electron chi connectivity index (χ1n) is 8.46. The molecule has 0 bridgehead atoms. The van der Waals surface area contributed by atoms with Crippen molar-refractivity contribution in [2.75, 3.05) is 11.6 Å². The maximum atomic E-state index is 11.8. The van der Waals surface area contributed by atoms with Crippen molar-refractivity contribution in [3.05, 3.63) is 63.9 Å². The lowest BCUT2D eigenvalue weighted by Gasteiger charge is -2.11. The number of carboxylic acid groups (broad SMARTS) is 1. The topological polar surface area (TPSA) is 146 Å². The molecule has 0 radical (unpaired) electrons. The van der Waals surface area contributed by atoms with E-state index < -0.39 is 21.5 Å². The predicted molar refractivity (Wildman–Crippen MR) is 119 cm³/mol. The molecule has 3 N–H and O–H groups in total. The molecule has 160 valence electrons. The molecule has 0 unspecified atom stereocenters. The Bertz CT molecular complexity index is 1320. The molecule has 9 nitrogen and oxygen atoms in total. The zero-order valence-corrected chi connectivity index (χ0v) is 18.9. The molecule has 0 atom stereocenters. The van der Waals surface area contributed by atoms with Gasteiger partial charge in [0.05, 0.1) is 20.1 Å². The summed E-state index contributed by atoms with van der Waals surface area (Å²) >= 11 is 9.26. The number of para-hydroxylation sites is 1. The fourth-order valence-electron chi connectivity index (χ4n) is 2.42. The normalized spacial score (nSPS) is 12.2. The molecule has 3 rings (SSSR count). The highest BCUT2D eigenvalue weighted by Gasteiger charge is 2.23. The van der Waals surface area contributed by atoms with Crippen LogP contribution >= 0.6 is 27.5 Å². The molecule has 0 amide bonds. The smallest absolute Gasteiger partial charge is 0.355 e. The van der Waals surface area contributed by atoms with Gasteiger partial charge < -0.3 is 14.8 Å². The van der Waals surface area contributed by atoms with Gasteiger partial charge in [-0.3, -0.25) is 5.41 Å². The summed E-state index contributed by atoms with van der Waals surface area (Å²) in [6, 6.07) is 12.6. The average Bonchev–Trinajstić information content (AvgIpc) is 3.21. The standard InChI is InChI=1S/C19H14BrClN4O5S/c1-31(28,29)11-6-4-5-10(9-11)17-24-25-18(30-17)16(14(20)15(22)19(26)27)23-13-8-3-2-7-12(13)21/h2-9,22-23H,1H3,(H,26,27)/b16-14+,22-15?. The summed E-state index contributed by atoms with van der Waals surface area (Å²) in [5, 5.41) is 28.1. The largest absolute Gasteiger partial charge is 0.476 e. The molecule has 0 saturated heterocycles. The van der Waals surface area contributed by atoms with Gasteiger partial charge in [-0.25, -0.2) is 13.2 Å². The summed E-state index contributed by atoms with van der Waals surface area (Å²) in [5.74, 6) is -1.62. The van der Waals surface area contributed by atoms with Crippen molar-refractivity contribution in [2.24, 2.45) is 0 Å². The highest BCUT2D eigenvalue weighted by Crippen LogP contribution is 2.31. The number of hydrogen-bond acceptors (Lipinski definition) is 8. The molecule has 0 aliphatic carbocycles. The Labute approximate surface area is 190 Å². The molecule has 31 heavy (non-hydrogen) atoms. The Morgan fingerprint density at radius 1 is 1.19 bits per heavy atom. The van der Waals surface area contributed by atoms with Gasteiger partial charge in [0.2, 0.25) is 5.89 Å². The van der Waals surface area contributed by atoms with Crippen LogP contribution in [0.25, 0.3) is 17.2 Å². The van der Waals surface area contributed by atoms with Crippen molar-refractivity contribution in [3.63, 3.8) is 0 Å². The number of nitrogens with one attached hydrogen (secondary N) is 2. The van der Waals surface area contributed by atoms with Crippen molar-refractivity contribution in [3.8, 4) is 11.5 Å². The van der Waals surface area contributed by atoms with E-state index in [1.165, 1.54) is 18.2 Å². The Balaban J connectivity index is 2.09. The summed E-state index contributed by atoms with van der Waals surface area (Å²) in [6.07, 6.45) is 1.08. The highest BCUT2D eigenvalue weighted by molar-refractivity contribution is 9.12. The number of anilines is 1. The second-order valence-corrected chi connectivity index (χ2v) is 9.40. The molecule has 0 fully saturated rings. The van der Waals surface area contributed by atoms with E-state index in [4.69, 9.17) is 21.4 Å². The maximum Gasteiger partial charge on any atom is 0.355 e. The molecular weight excluding hydrogens is 512 g/mol. The van der Waals surface area contributed by atoms with Crippen LogP contribution < -0.4 is 5.32 Å². The lowest BCUT2D eigenvalue weighted by molar-refractivity contribution is -0.129. The summed E-state index contributed by atoms with van der Waals surface area (Å²) in [4.78, 5) is 11.4. The van der Waals surface area contributed by atoms with E-state index in [0.29, 0.717) is 16.3 Å². The monoisotopic (exact) mass is 524 g/mol. The quantitative estimate of drug-likeness (QED) is 0.391. The fourth-order valence-corrected chi connectivity index (χ4v) is 3.71. The van der Waals surface area contributed by atoms with Crippen LogP contribution in [0, 0.1) is 5.41 Å². The van der Waals surface area contributed by atoms with Crippen molar-refractivity contribution < 1.29 is 22.7 Å². The lowest BCUT2D eigenvalue weighted by Crippen LogP contribution is -2.15. The van der Waals surface area contributed by atoms with E-state index in [0.717, 1.165) is 6.26 Å². The lowest BCUT2D eigenvalue weighted by atomic mass is 10.2. The third-order valence-corrected chi connectivity index (χ3v) is 6.17. The SMILES string of the molecule is CS(=O)(=O)c1cccc(-c2nnc(/C(Nc3ccccc3Cl)=C(\Br)C(=N)C(=O)O)o2)c1. The van der Waals surface area contributed by atoms with Gasteiger partial charge in [-0.2, -0.15) is 0 Å². The number of nitrogens with zero attached hydrogens (tertiary/aromatic N) is 2. The van der Waals surface area contributed by atoms with Gasteiger partial charge in [0.15, 0.2) is 15.5 Å². The molecule has 3 aromatic rings. The van der Waals surface area contributed by atoms with Crippen LogP contribution in [0.5, 0.6) is 0 Å². The van der Waals surface area contributed by atoms with E-state index in [2.05, 4.69) is 31.4 Å². The number of benzene rings is 2. The zero-order valence-electron chi connectivity index (χ0n) is 15.8. The molecule has 1 heterocycles. The van der Waals surface area contributed by atoms with Crippen LogP contribution in [0.1, 0.15) is 5.89 Å². The van der Waals surface area contributed by atoms with Crippen LogP contribution in [0.4, 0.5) is 5.69 Å². The van der Waals surface area contributed by atoms with Gasteiger partial charge in [-0.15, -0.1) is 10.2 Å². The second kappa shape index (κ2) is 9.00. The minimum Gasteiger partial charge on any atom is -0.476 e. The number of aliphatic carboxylic acids is 1. The molecule has 0 aliphatic rings. The summed E-state index contributed by atoms with van der Waals surface area (Å²) in [6.45, 7) is 0. The molecule has 1 aromatic heterocycles. The Morgan fingerprint density at radius 2 is 1.90 bits per heavy atom. The van der Waals surface area contributed by atoms with Crippen molar-refractivity contribution >= 4 is 60.4 Å². The third-order valence-electron chi connectivity index (χ3n) is 3.93. The van der Waals surface area contributed by atoms with Crippen molar-refractivity contribution in [1.82, 2.24) is 10.2 Å². The van der Waals surface area contributed by atoms with Crippen LogP contribution in [0.3, 0.4) is 0 Å². The fraction of sp³-hybridized carbons (Fsp3) is 0.0526. The number of halogens is 2. The second-order valence-electron chi connectivity index (χ2n) is 6.19. The number of carbonyl (C=O) groups is 1.